The van der Waals surface area contributed by atoms with Crippen LogP contribution >= 0.6 is 0 Å². The summed E-state index contributed by atoms with van der Waals surface area (Å²) < 4.78 is 14.1. The van der Waals surface area contributed by atoms with Gasteiger partial charge in [0, 0.05) is 22.4 Å². The first-order valence-corrected chi connectivity index (χ1v) is 5.04. The molecule has 0 bridgehead atoms. The van der Waals surface area contributed by atoms with E-state index in [4.69, 9.17) is 0 Å². The van der Waals surface area contributed by atoms with Gasteiger partial charge in [0.25, 0.3) is 0 Å². The van der Waals surface area contributed by atoms with E-state index < -0.39 is 0 Å². The van der Waals surface area contributed by atoms with Crippen LogP contribution in [0.4, 0.5) is 4.39 Å². The molecule has 0 radical (unpaired) electrons. The fourth-order valence-electron chi connectivity index (χ4n) is 1.65. The number of nitrogens with zero attached hydrogens (tertiary/aromatic N) is 1. The highest BCUT2D eigenvalue weighted by atomic mass is 19.1. The van der Waals surface area contributed by atoms with Crippen molar-refractivity contribution in [2.75, 3.05) is 0 Å². The van der Waals surface area contributed by atoms with Crippen molar-refractivity contribution in [3.8, 4) is 0 Å². The first kappa shape index (κ1) is 10.1. The molecule has 0 spiro atoms. The maximum absolute atomic E-state index is 14.1. The van der Waals surface area contributed by atoms with Crippen LogP contribution in [0.2, 0.25) is 0 Å². The second-order valence-corrected chi connectivity index (χ2v) is 4.76. The van der Waals surface area contributed by atoms with Crippen molar-refractivity contribution in [2.45, 2.75) is 26.2 Å². The highest BCUT2D eigenvalue weighted by molar-refractivity contribution is 5.82. The van der Waals surface area contributed by atoms with Gasteiger partial charge in [0.05, 0.1) is 5.69 Å². The summed E-state index contributed by atoms with van der Waals surface area (Å²) in [4.78, 5) is 4.20. The highest BCUT2D eigenvalue weighted by Crippen LogP contribution is 2.27. The number of pyridine rings is 1. The Morgan fingerprint density at radius 3 is 2.47 bits per heavy atom. The second kappa shape index (κ2) is 3.30. The standard InChI is InChI=1S/C13H14FN/c1-13(2,3)12-11(14)10-7-5-4-6-9(10)8-15-12/h4-8H,1-3H3. The molecule has 78 valence electrons. The van der Waals surface area contributed by atoms with Crippen LogP contribution in [0.1, 0.15) is 26.5 Å². The van der Waals surface area contributed by atoms with Gasteiger partial charge < -0.3 is 0 Å². The van der Waals surface area contributed by atoms with Crippen molar-refractivity contribution in [1.82, 2.24) is 4.98 Å². The second-order valence-electron chi connectivity index (χ2n) is 4.76. The van der Waals surface area contributed by atoms with Gasteiger partial charge in [-0.1, -0.05) is 45.0 Å². The Kier molecular flexibility index (Phi) is 2.22. The average Bonchev–Trinajstić information content (AvgIpc) is 2.16. The van der Waals surface area contributed by atoms with Crippen LogP contribution in [0.5, 0.6) is 0 Å². The monoisotopic (exact) mass is 203 g/mol. The molecule has 0 aliphatic heterocycles. The number of hydrogen-bond donors (Lipinski definition) is 0. The van der Waals surface area contributed by atoms with E-state index in [-0.39, 0.29) is 11.2 Å². The van der Waals surface area contributed by atoms with E-state index >= 15 is 0 Å². The zero-order valence-corrected chi connectivity index (χ0v) is 9.21. The maximum atomic E-state index is 14.1. The summed E-state index contributed by atoms with van der Waals surface area (Å²) >= 11 is 0. The molecule has 0 saturated heterocycles. The van der Waals surface area contributed by atoms with E-state index in [1.54, 1.807) is 12.3 Å². The van der Waals surface area contributed by atoms with Crippen LogP contribution in [0.25, 0.3) is 10.8 Å². The Hall–Kier alpha value is -1.44. The van der Waals surface area contributed by atoms with Gasteiger partial charge >= 0.3 is 0 Å². The molecule has 1 aromatic carbocycles. The predicted molar refractivity (Wildman–Crippen MR) is 60.4 cm³/mol. The Bertz CT molecular complexity index is 497. The van der Waals surface area contributed by atoms with Gasteiger partial charge in [-0.15, -0.1) is 0 Å². The quantitative estimate of drug-likeness (QED) is 0.636. The first-order valence-electron chi connectivity index (χ1n) is 5.04. The fourth-order valence-corrected chi connectivity index (χ4v) is 1.65. The molecule has 1 heterocycles. The average molecular weight is 203 g/mol. The molecule has 0 saturated carbocycles. The van der Waals surface area contributed by atoms with Gasteiger partial charge in [-0.25, -0.2) is 4.39 Å². The lowest BCUT2D eigenvalue weighted by atomic mass is 9.90. The molecular formula is C13H14FN. The van der Waals surface area contributed by atoms with E-state index in [9.17, 15) is 4.39 Å². The predicted octanol–water partition coefficient (Wildman–Crippen LogP) is 3.67. The molecule has 0 unspecified atom stereocenters. The van der Waals surface area contributed by atoms with Crippen molar-refractivity contribution in [3.05, 3.63) is 42.0 Å². The Labute approximate surface area is 89.0 Å². The van der Waals surface area contributed by atoms with E-state index in [1.807, 2.05) is 39.0 Å². The van der Waals surface area contributed by atoms with Crippen molar-refractivity contribution >= 4 is 10.8 Å². The molecule has 0 N–H and O–H groups in total. The molecule has 0 atom stereocenters. The van der Waals surface area contributed by atoms with Gasteiger partial charge in [-0.2, -0.15) is 0 Å². The summed E-state index contributed by atoms with van der Waals surface area (Å²) in [6.45, 7) is 5.90. The molecule has 0 aliphatic rings. The third-order valence-corrected chi connectivity index (χ3v) is 2.45. The lowest BCUT2D eigenvalue weighted by Crippen LogP contribution is -2.16. The summed E-state index contributed by atoms with van der Waals surface area (Å²) in [5.74, 6) is -0.194. The SMILES string of the molecule is CC(C)(C)c1ncc2ccccc2c1F. The summed E-state index contributed by atoms with van der Waals surface area (Å²) in [7, 11) is 0. The highest BCUT2D eigenvalue weighted by Gasteiger charge is 2.21. The van der Waals surface area contributed by atoms with Gasteiger partial charge in [0.1, 0.15) is 0 Å². The molecule has 0 fully saturated rings. The Balaban J connectivity index is 2.76. The molecule has 1 nitrogen and oxygen atoms in total. The zero-order chi connectivity index (χ0) is 11.1. The molecule has 0 amide bonds. The van der Waals surface area contributed by atoms with Crippen molar-refractivity contribution in [3.63, 3.8) is 0 Å². The lowest BCUT2D eigenvalue weighted by molar-refractivity contribution is 0.509. The van der Waals surface area contributed by atoms with Crippen LogP contribution in [0, 0.1) is 5.82 Å². The number of hydrogen-bond acceptors (Lipinski definition) is 1. The number of benzene rings is 1. The smallest absolute Gasteiger partial charge is 0.153 e. The molecule has 1 aromatic heterocycles. The largest absolute Gasteiger partial charge is 0.257 e. The van der Waals surface area contributed by atoms with E-state index in [1.165, 1.54) is 0 Å². The van der Waals surface area contributed by atoms with Crippen molar-refractivity contribution in [1.29, 1.82) is 0 Å². The summed E-state index contributed by atoms with van der Waals surface area (Å²) in [5.41, 5.74) is 0.273. The number of halogens is 1. The molecule has 0 aliphatic carbocycles. The van der Waals surface area contributed by atoms with Crippen molar-refractivity contribution in [2.24, 2.45) is 0 Å². The normalized spacial score (nSPS) is 12.0. The van der Waals surface area contributed by atoms with Gasteiger partial charge in [-0.3, -0.25) is 4.98 Å². The van der Waals surface area contributed by atoms with E-state index in [0.29, 0.717) is 11.1 Å². The fraction of sp³-hybridized carbons (Fsp3) is 0.308. The van der Waals surface area contributed by atoms with Crippen LogP contribution in [0.15, 0.2) is 30.5 Å². The van der Waals surface area contributed by atoms with Gasteiger partial charge in [0.2, 0.25) is 0 Å². The summed E-state index contributed by atoms with van der Waals surface area (Å²) in [6, 6.07) is 7.40. The number of aromatic nitrogens is 1. The molecule has 2 rings (SSSR count). The lowest BCUT2D eigenvalue weighted by Gasteiger charge is -2.19. The topological polar surface area (TPSA) is 12.9 Å². The summed E-state index contributed by atoms with van der Waals surface area (Å²) in [5, 5.41) is 1.50. The maximum Gasteiger partial charge on any atom is 0.153 e. The van der Waals surface area contributed by atoms with E-state index in [2.05, 4.69) is 4.98 Å². The zero-order valence-electron chi connectivity index (χ0n) is 9.21. The molecule has 2 heteroatoms. The minimum Gasteiger partial charge on any atom is -0.257 e. The van der Waals surface area contributed by atoms with Crippen LogP contribution < -0.4 is 0 Å². The molecule has 2 aromatic rings. The third kappa shape index (κ3) is 1.72. The summed E-state index contributed by atoms with van der Waals surface area (Å²) in [6.07, 6.45) is 1.74. The Morgan fingerprint density at radius 1 is 1.13 bits per heavy atom. The van der Waals surface area contributed by atoms with Gasteiger partial charge in [0.15, 0.2) is 5.82 Å². The molecule has 15 heavy (non-hydrogen) atoms. The van der Waals surface area contributed by atoms with E-state index in [0.717, 1.165) is 5.39 Å². The minimum absolute atomic E-state index is 0.194. The van der Waals surface area contributed by atoms with Gasteiger partial charge in [-0.05, 0) is 0 Å². The molecular weight excluding hydrogens is 189 g/mol. The van der Waals surface area contributed by atoms with Crippen molar-refractivity contribution < 1.29 is 4.39 Å². The van der Waals surface area contributed by atoms with Crippen LogP contribution in [-0.2, 0) is 5.41 Å². The number of fused-ring (bicyclic) bond motifs is 1. The van der Waals surface area contributed by atoms with Crippen LogP contribution in [-0.4, -0.2) is 4.98 Å². The Morgan fingerprint density at radius 2 is 1.80 bits per heavy atom. The third-order valence-electron chi connectivity index (χ3n) is 2.45. The first-order chi connectivity index (χ1) is 7.00. The minimum atomic E-state index is -0.256. The number of rotatable bonds is 0. The van der Waals surface area contributed by atoms with Crippen LogP contribution in [0.3, 0.4) is 0 Å².